The Balaban J connectivity index is 5.24. The lowest BCUT2D eigenvalue weighted by atomic mass is 9.99. The molecule has 17 nitrogen and oxygen atoms in total. The highest BCUT2D eigenvalue weighted by Crippen LogP contribution is 2.45. The molecule has 19 heteroatoms. The minimum atomic E-state index is -4.96. The van der Waals surface area contributed by atoms with Crippen molar-refractivity contribution in [1.82, 2.24) is 0 Å². The van der Waals surface area contributed by atoms with Crippen molar-refractivity contribution in [2.75, 3.05) is 39.6 Å². The summed E-state index contributed by atoms with van der Waals surface area (Å²) in [6, 6.07) is 0. The number of rotatable bonds is 74. The smallest absolute Gasteiger partial charge is 0.462 e. The second-order valence-electron chi connectivity index (χ2n) is 29.4. The van der Waals surface area contributed by atoms with E-state index in [0.717, 1.165) is 114 Å². The number of aliphatic hydroxyl groups is 1. The zero-order valence-electron chi connectivity index (χ0n) is 63.0. The fourth-order valence-corrected chi connectivity index (χ4v) is 13.3. The van der Waals surface area contributed by atoms with Crippen LogP contribution in [0.5, 0.6) is 0 Å². The van der Waals surface area contributed by atoms with Gasteiger partial charge < -0.3 is 33.8 Å². The van der Waals surface area contributed by atoms with Crippen molar-refractivity contribution < 1.29 is 80.2 Å². The van der Waals surface area contributed by atoms with Gasteiger partial charge in [0, 0.05) is 25.7 Å². The van der Waals surface area contributed by atoms with Crippen molar-refractivity contribution in [2.24, 2.45) is 23.7 Å². The van der Waals surface area contributed by atoms with E-state index in [4.69, 9.17) is 37.0 Å². The van der Waals surface area contributed by atoms with Crippen LogP contribution < -0.4 is 0 Å². The van der Waals surface area contributed by atoms with Gasteiger partial charge in [0.2, 0.25) is 0 Å². The van der Waals surface area contributed by atoms with Crippen molar-refractivity contribution >= 4 is 39.5 Å². The van der Waals surface area contributed by atoms with E-state index in [9.17, 15) is 43.2 Å². The van der Waals surface area contributed by atoms with E-state index in [0.29, 0.717) is 31.6 Å². The molecular weight excluding hydrogens is 1260 g/mol. The number of hydrogen-bond donors (Lipinski definition) is 3. The number of phosphoric ester groups is 2. The Morgan fingerprint density at radius 3 is 0.740 bits per heavy atom. The molecule has 0 aromatic carbocycles. The van der Waals surface area contributed by atoms with E-state index in [1.165, 1.54) is 186 Å². The van der Waals surface area contributed by atoms with Gasteiger partial charge in [-0.1, -0.05) is 338 Å². The van der Waals surface area contributed by atoms with Gasteiger partial charge in [-0.15, -0.1) is 0 Å². The Labute approximate surface area is 588 Å². The highest BCUT2D eigenvalue weighted by molar-refractivity contribution is 7.47. The summed E-state index contributed by atoms with van der Waals surface area (Å²) >= 11 is 0. The Hall–Kier alpha value is -1.94. The zero-order valence-corrected chi connectivity index (χ0v) is 64.8. The van der Waals surface area contributed by atoms with Crippen LogP contribution in [-0.2, 0) is 65.4 Å². The van der Waals surface area contributed by atoms with Gasteiger partial charge in [-0.25, -0.2) is 9.13 Å². The molecule has 570 valence electrons. The molecule has 0 bridgehead atoms. The van der Waals surface area contributed by atoms with E-state index in [-0.39, 0.29) is 25.7 Å². The van der Waals surface area contributed by atoms with Gasteiger partial charge in [-0.05, 0) is 49.4 Å². The maximum absolute atomic E-state index is 13.1. The largest absolute Gasteiger partial charge is 0.472 e. The molecule has 3 N–H and O–H groups in total. The maximum Gasteiger partial charge on any atom is 0.472 e. The minimum Gasteiger partial charge on any atom is -0.462 e. The second-order valence-corrected chi connectivity index (χ2v) is 32.3. The summed E-state index contributed by atoms with van der Waals surface area (Å²) in [4.78, 5) is 72.8. The van der Waals surface area contributed by atoms with E-state index >= 15 is 0 Å². The fraction of sp³-hybridized carbons (Fsp3) is 0.948. The number of esters is 4. The first-order chi connectivity index (χ1) is 46.1. The van der Waals surface area contributed by atoms with Crippen LogP contribution in [0, 0.1) is 23.7 Å². The maximum atomic E-state index is 13.1. The standard InChI is InChI=1S/C77H150O17P2/c1-9-70(8)56-48-40-32-26-27-35-44-52-60-77(82)94-73(64-88-75(80)58-50-42-36-28-31-39-47-55-69(6)7)66-92-96(85,86)90-62-71(78)61-89-95(83,84)91-65-72(93-76(81)59-51-43-34-25-21-17-13-15-19-23-30-38-46-54-68(4)5)63-87-74(79)57-49-41-33-24-20-16-12-10-11-14-18-22-29-37-45-53-67(2)3/h67-73,78H,9-66H2,1-8H3,(H,83,84)(H,85,86)/t70?,71?,72-,73-/m1/s1. The van der Waals surface area contributed by atoms with E-state index in [1.54, 1.807) is 0 Å². The molecule has 0 heterocycles. The number of aliphatic hydroxyl groups excluding tert-OH is 1. The van der Waals surface area contributed by atoms with Crippen LogP contribution in [0.3, 0.4) is 0 Å². The Bertz CT molecular complexity index is 1890. The highest BCUT2D eigenvalue weighted by Gasteiger charge is 2.30. The van der Waals surface area contributed by atoms with Gasteiger partial charge in [0.05, 0.1) is 26.4 Å². The normalized spacial score (nSPS) is 14.4. The summed E-state index contributed by atoms with van der Waals surface area (Å²) in [5.41, 5.74) is 0. The molecule has 4 unspecified atom stereocenters. The Morgan fingerprint density at radius 1 is 0.292 bits per heavy atom. The molecule has 0 saturated carbocycles. The molecule has 0 aromatic rings. The lowest BCUT2D eigenvalue weighted by molar-refractivity contribution is -0.161. The average Bonchev–Trinajstić information content (AvgIpc) is 1.26. The van der Waals surface area contributed by atoms with Gasteiger partial charge >= 0.3 is 39.5 Å². The van der Waals surface area contributed by atoms with Gasteiger partial charge in [0.1, 0.15) is 19.3 Å². The third-order valence-electron chi connectivity index (χ3n) is 18.2. The van der Waals surface area contributed by atoms with E-state index in [1.807, 2.05) is 0 Å². The molecule has 0 aliphatic carbocycles. The lowest BCUT2D eigenvalue weighted by Crippen LogP contribution is -2.30. The number of hydrogen-bond acceptors (Lipinski definition) is 15. The summed E-state index contributed by atoms with van der Waals surface area (Å²) in [5, 5.41) is 10.6. The van der Waals surface area contributed by atoms with Gasteiger partial charge in [0.15, 0.2) is 12.2 Å². The van der Waals surface area contributed by atoms with Crippen LogP contribution in [-0.4, -0.2) is 96.7 Å². The molecule has 0 aliphatic heterocycles. The van der Waals surface area contributed by atoms with Crippen LogP contribution >= 0.6 is 15.6 Å². The predicted octanol–water partition coefficient (Wildman–Crippen LogP) is 22.4. The third-order valence-corrected chi connectivity index (χ3v) is 20.1. The Kier molecular flexibility index (Phi) is 65.0. The molecule has 0 aromatic heterocycles. The molecular formula is C77H150O17P2. The molecule has 0 radical (unpaired) electrons. The number of carbonyl (C=O) groups excluding carboxylic acids is 4. The monoisotopic (exact) mass is 1410 g/mol. The average molecular weight is 1410 g/mol. The van der Waals surface area contributed by atoms with Crippen LogP contribution in [0.25, 0.3) is 0 Å². The van der Waals surface area contributed by atoms with Crippen molar-refractivity contribution in [3.05, 3.63) is 0 Å². The molecule has 0 spiro atoms. The van der Waals surface area contributed by atoms with Crippen LogP contribution in [0.4, 0.5) is 0 Å². The van der Waals surface area contributed by atoms with Crippen molar-refractivity contribution in [3.8, 4) is 0 Å². The summed E-state index contributed by atoms with van der Waals surface area (Å²) in [5.74, 6) is 0.946. The first-order valence-corrected chi connectivity index (χ1v) is 42.7. The topological polar surface area (TPSA) is 237 Å². The molecule has 6 atom stereocenters. The van der Waals surface area contributed by atoms with Crippen LogP contribution in [0.1, 0.15) is 389 Å². The zero-order chi connectivity index (χ0) is 71.0. The van der Waals surface area contributed by atoms with Crippen molar-refractivity contribution in [2.45, 2.75) is 408 Å². The summed E-state index contributed by atoms with van der Waals surface area (Å²) in [6.07, 6.45) is 51.4. The summed E-state index contributed by atoms with van der Waals surface area (Å²) < 4.78 is 68.5. The molecule has 96 heavy (non-hydrogen) atoms. The lowest BCUT2D eigenvalue weighted by Gasteiger charge is -2.21. The van der Waals surface area contributed by atoms with Crippen molar-refractivity contribution in [3.63, 3.8) is 0 Å². The molecule has 0 saturated heterocycles. The second kappa shape index (κ2) is 66.3. The van der Waals surface area contributed by atoms with E-state index < -0.39 is 97.5 Å². The first-order valence-electron chi connectivity index (χ1n) is 39.7. The number of phosphoric acid groups is 2. The number of ether oxygens (including phenoxy) is 4. The fourth-order valence-electron chi connectivity index (χ4n) is 11.7. The molecule has 0 rings (SSSR count). The molecule has 0 amide bonds. The predicted molar refractivity (Wildman–Crippen MR) is 391 cm³/mol. The first kappa shape index (κ1) is 94.1. The van der Waals surface area contributed by atoms with Gasteiger partial charge in [-0.3, -0.25) is 37.3 Å². The highest BCUT2D eigenvalue weighted by atomic mass is 31.2. The number of unbranched alkanes of at least 4 members (excludes halogenated alkanes) is 39. The van der Waals surface area contributed by atoms with E-state index in [2.05, 4.69) is 55.4 Å². The van der Waals surface area contributed by atoms with Gasteiger partial charge in [0.25, 0.3) is 0 Å². The number of carbonyl (C=O) groups is 4. The van der Waals surface area contributed by atoms with Crippen LogP contribution in [0.2, 0.25) is 0 Å². The summed E-state index contributed by atoms with van der Waals surface area (Å²) in [7, 11) is -9.91. The SMILES string of the molecule is CCC(C)CCCCCCCCCCC(=O)O[C@H](COC(=O)CCCCCCCCCC(C)C)COP(=O)(O)OCC(O)COP(=O)(O)OC[C@@H](COC(=O)CCCCCCCCCCCCCCCCCC(C)C)OC(=O)CCCCCCCCCCCCCCCC(C)C. The van der Waals surface area contributed by atoms with Crippen LogP contribution in [0.15, 0.2) is 0 Å². The quantitative estimate of drug-likeness (QED) is 0.0222. The van der Waals surface area contributed by atoms with Gasteiger partial charge in [-0.2, -0.15) is 0 Å². The third kappa shape index (κ3) is 69.2. The molecule has 0 fully saturated rings. The molecule has 0 aliphatic rings. The minimum absolute atomic E-state index is 0.104. The Morgan fingerprint density at radius 2 is 0.500 bits per heavy atom. The van der Waals surface area contributed by atoms with Crippen molar-refractivity contribution in [1.29, 1.82) is 0 Å². The summed E-state index contributed by atoms with van der Waals surface area (Å²) in [6.45, 7) is 14.2.